The third-order valence-electron chi connectivity index (χ3n) is 3.66. The van der Waals surface area contributed by atoms with Gasteiger partial charge in [-0.3, -0.25) is 9.97 Å². The number of pyridine rings is 2. The van der Waals surface area contributed by atoms with Crippen LogP contribution in [-0.4, -0.2) is 27.6 Å². The van der Waals surface area contributed by atoms with Gasteiger partial charge in [0.2, 0.25) is 0 Å². The summed E-state index contributed by atoms with van der Waals surface area (Å²) in [6.45, 7) is 2.68. The SMILES string of the molecule is Cc1cc(NCCc2ccncc2)c2ccc(C(=O)O)cc2n1. The predicted octanol–water partition coefficient (Wildman–Crippen LogP) is 3.29. The third kappa shape index (κ3) is 3.45. The van der Waals surface area contributed by atoms with Crippen LogP contribution < -0.4 is 5.32 Å². The number of nitrogens with zero attached hydrogens (tertiary/aromatic N) is 2. The fourth-order valence-corrected chi connectivity index (χ4v) is 2.53. The lowest BCUT2D eigenvalue weighted by Gasteiger charge is -2.11. The largest absolute Gasteiger partial charge is 0.478 e. The summed E-state index contributed by atoms with van der Waals surface area (Å²) in [6, 6.07) is 11.0. The second kappa shape index (κ2) is 6.44. The first-order chi connectivity index (χ1) is 11.1. The van der Waals surface area contributed by atoms with Gasteiger partial charge in [-0.2, -0.15) is 0 Å². The van der Waals surface area contributed by atoms with Gasteiger partial charge in [-0.05, 0) is 55.3 Å². The molecule has 0 radical (unpaired) electrons. The number of hydrogen-bond acceptors (Lipinski definition) is 4. The van der Waals surface area contributed by atoms with Gasteiger partial charge in [0.15, 0.2) is 0 Å². The minimum Gasteiger partial charge on any atom is -0.478 e. The Morgan fingerprint density at radius 2 is 1.96 bits per heavy atom. The Bertz CT molecular complexity index is 848. The maximum absolute atomic E-state index is 11.1. The molecule has 2 aromatic heterocycles. The lowest BCUT2D eigenvalue weighted by Crippen LogP contribution is -2.06. The lowest BCUT2D eigenvalue weighted by molar-refractivity contribution is 0.0697. The summed E-state index contributed by atoms with van der Waals surface area (Å²) in [5.74, 6) is -0.942. The van der Waals surface area contributed by atoms with Crippen LogP contribution in [0.15, 0.2) is 48.8 Å². The normalized spacial score (nSPS) is 10.7. The van der Waals surface area contributed by atoms with Crippen molar-refractivity contribution < 1.29 is 9.90 Å². The lowest BCUT2D eigenvalue weighted by atomic mass is 10.1. The van der Waals surface area contributed by atoms with E-state index in [1.54, 1.807) is 30.6 Å². The van der Waals surface area contributed by atoms with E-state index in [4.69, 9.17) is 5.11 Å². The fraction of sp³-hybridized carbons (Fsp3) is 0.167. The van der Waals surface area contributed by atoms with Crippen molar-refractivity contribution in [2.24, 2.45) is 0 Å². The average Bonchev–Trinajstić information content (AvgIpc) is 2.55. The van der Waals surface area contributed by atoms with Crippen molar-refractivity contribution in [3.05, 3.63) is 65.6 Å². The molecule has 5 heteroatoms. The Morgan fingerprint density at radius 1 is 1.17 bits per heavy atom. The highest BCUT2D eigenvalue weighted by atomic mass is 16.4. The second-order valence-corrected chi connectivity index (χ2v) is 5.38. The molecule has 3 rings (SSSR count). The smallest absolute Gasteiger partial charge is 0.335 e. The van der Waals surface area contributed by atoms with E-state index in [1.165, 1.54) is 5.56 Å². The van der Waals surface area contributed by atoms with Crippen molar-refractivity contribution in [1.82, 2.24) is 9.97 Å². The van der Waals surface area contributed by atoms with Gasteiger partial charge < -0.3 is 10.4 Å². The monoisotopic (exact) mass is 307 g/mol. The maximum atomic E-state index is 11.1. The number of aryl methyl sites for hydroxylation is 1. The van der Waals surface area contributed by atoms with Crippen LogP contribution in [0.1, 0.15) is 21.6 Å². The second-order valence-electron chi connectivity index (χ2n) is 5.38. The first-order valence-corrected chi connectivity index (χ1v) is 7.41. The summed E-state index contributed by atoms with van der Waals surface area (Å²) in [5, 5.41) is 13.4. The van der Waals surface area contributed by atoms with Crippen molar-refractivity contribution in [2.45, 2.75) is 13.3 Å². The van der Waals surface area contributed by atoms with E-state index in [2.05, 4.69) is 15.3 Å². The summed E-state index contributed by atoms with van der Waals surface area (Å²) >= 11 is 0. The van der Waals surface area contributed by atoms with Crippen LogP contribution in [0, 0.1) is 6.92 Å². The maximum Gasteiger partial charge on any atom is 0.335 e. The molecule has 0 aliphatic rings. The molecule has 0 unspecified atom stereocenters. The fourth-order valence-electron chi connectivity index (χ4n) is 2.53. The van der Waals surface area contributed by atoms with Gasteiger partial charge in [0.1, 0.15) is 0 Å². The molecule has 0 saturated carbocycles. The van der Waals surface area contributed by atoms with Crippen LogP contribution in [0.4, 0.5) is 5.69 Å². The number of aromatic carboxylic acids is 1. The highest BCUT2D eigenvalue weighted by molar-refractivity contribution is 5.97. The number of rotatable bonds is 5. The number of benzene rings is 1. The molecule has 0 bridgehead atoms. The van der Waals surface area contributed by atoms with E-state index in [1.807, 2.05) is 25.1 Å². The molecule has 2 N–H and O–H groups in total. The topological polar surface area (TPSA) is 75.1 Å². The van der Waals surface area contributed by atoms with Crippen LogP contribution in [0.2, 0.25) is 0 Å². The molecule has 0 aliphatic heterocycles. The molecule has 0 aliphatic carbocycles. The zero-order chi connectivity index (χ0) is 16.2. The standard InChI is InChI=1S/C18H17N3O2/c1-12-10-16(20-9-6-13-4-7-19-8-5-13)15-3-2-14(18(22)23)11-17(15)21-12/h2-5,7-8,10-11H,6,9H2,1H3,(H,20,21)(H,22,23). The van der Waals surface area contributed by atoms with Crippen LogP contribution in [0.5, 0.6) is 0 Å². The molecule has 0 amide bonds. The van der Waals surface area contributed by atoms with E-state index >= 15 is 0 Å². The number of hydrogen-bond donors (Lipinski definition) is 2. The van der Waals surface area contributed by atoms with Gasteiger partial charge in [-0.25, -0.2) is 4.79 Å². The number of aromatic nitrogens is 2. The van der Waals surface area contributed by atoms with Gasteiger partial charge in [-0.1, -0.05) is 0 Å². The molecule has 0 fully saturated rings. The van der Waals surface area contributed by atoms with Crippen LogP contribution in [0.25, 0.3) is 10.9 Å². The summed E-state index contributed by atoms with van der Waals surface area (Å²) in [6.07, 6.45) is 4.46. The molecule has 116 valence electrons. The molecule has 0 atom stereocenters. The van der Waals surface area contributed by atoms with E-state index in [0.29, 0.717) is 5.52 Å². The van der Waals surface area contributed by atoms with Crippen molar-refractivity contribution in [3.8, 4) is 0 Å². The molecule has 0 saturated heterocycles. The summed E-state index contributed by atoms with van der Waals surface area (Å²) in [5.41, 5.74) is 3.98. The summed E-state index contributed by atoms with van der Waals surface area (Å²) in [7, 11) is 0. The Balaban J connectivity index is 1.83. The Kier molecular flexibility index (Phi) is 4.19. The Labute approximate surface area is 134 Å². The van der Waals surface area contributed by atoms with Gasteiger partial charge in [0.05, 0.1) is 11.1 Å². The number of anilines is 1. The first kappa shape index (κ1) is 15.0. The van der Waals surface area contributed by atoms with Gasteiger partial charge >= 0.3 is 5.97 Å². The van der Waals surface area contributed by atoms with Gasteiger partial charge in [-0.15, -0.1) is 0 Å². The highest BCUT2D eigenvalue weighted by Gasteiger charge is 2.08. The van der Waals surface area contributed by atoms with Gasteiger partial charge in [0.25, 0.3) is 0 Å². The molecule has 5 nitrogen and oxygen atoms in total. The summed E-state index contributed by atoms with van der Waals surface area (Å²) < 4.78 is 0. The Hall–Kier alpha value is -2.95. The van der Waals surface area contributed by atoms with Crippen molar-refractivity contribution in [1.29, 1.82) is 0 Å². The minimum atomic E-state index is -0.942. The molecular weight excluding hydrogens is 290 g/mol. The number of carboxylic acid groups (broad SMARTS) is 1. The Morgan fingerprint density at radius 3 is 2.70 bits per heavy atom. The molecule has 2 heterocycles. The van der Waals surface area contributed by atoms with E-state index in [9.17, 15) is 4.79 Å². The highest BCUT2D eigenvalue weighted by Crippen LogP contribution is 2.24. The number of carbonyl (C=O) groups is 1. The molecule has 3 aromatic rings. The van der Waals surface area contributed by atoms with E-state index in [0.717, 1.165) is 29.7 Å². The van der Waals surface area contributed by atoms with Crippen LogP contribution in [0.3, 0.4) is 0 Å². The van der Waals surface area contributed by atoms with Crippen molar-refractivity contribution >= 4 is 22.6 Å². The zero-order valence-electron chi connectivity index (χ0n) is 12.8. The van der Waals surface area contributed by atoms with Crippen LogP contribution in [-0.2, 0) is 6.42 Å². The number of fused-ring (bicyclic) bond motifs is 1. The van der Waals surface area contributed by atoms with E-state index < -0.39 is 5.97 Å². The predicted molar refractivity (Wildman–Crippen MR) is 89.9 cm³/mol. The van der Waals surface area contributed by atoms with E-state index in [-0.39, 0.29) is 5.56 Å². The summed E-state index contributed by atoms with van der Waals surface area (Å²) in [4.78, 5) is 19.5. The van der Waals surface area contributed by atoms with Crippen molar-refractivity contribution in [3.63, 3.8) is 0 Å². The average molecular weight is 307 g/mol. The quantitative estimate of drug-likeness (QED) is 0.756. The van der Waals surface area contributed by atoms with Crippen molar-refractivity contribution in [2.75, 3.05) is 11.9 Å². The third-order valence-corrected chi connectivity index (χ3v) is 3.66. The van der Waals surface area contributed by atoms with Gasteiger partial charge in [0, 0.05) is 35.7 Å². The first-order valence-electron chi connectivity index (χ1n) is 7.41. The molecular formula is C18H17N3O2. The van der Waals surface area contributed by atoms with Crippen LogP contribution >= 0.6 is 0 Å². The molecule has 23 heavy (non-hydrogen) atoms. The number of carboxylic acids is 1. The molecule has 1 aromatic carbocycles. The molecule has 0 spiro atoms. The minimum absolute atomic E-state index is 0.248. The zero-order valence-corrected chi connectivity index (χ0v) is 12.8. The number of nitrogens with one attached hydrogen (secondary N) is 1.